The van der Waals surface area contributed by atoms with Gasteiger partial charge in [-0.1, -0.05) is 32.9 Å². The Kier molecular flexibility index (Phi) is 3.74. The third-order valence-electron chi connectivity index (χ3n) is 2.91. The molecule has 0 radical (unpaired) electrons. The van der Waals surface area contributed by atoms with Crippen molar-refractivity contribution < 1.29 is 14.6 Å². The molecule has 2 aromatic rings. The van der Waals surface area contributed by atoms with Crippen molar-refractivity contribution in [1.82, 2.24) is 4.98 Å². The van der Waals surface area contributed by atoms with Gasteiger partial charge in [0.15, 0.2) is 0 Å². The quantitative estimate of drug-likeness (QED) is 0.920. The van der Waals surface area contributed by atoms with Crippen molar-refractivity contribution in [3.8, 4) is 11.6 Å². The number of carboxylic acids is 1. The Balaban J connectivity index is 2.18. The summed E-state index contributed by atoms with van der Waals surface area (Å²) in [5, 5.41) is 8.93. The first kappa shape index (κ1) is 14.1. The number of aromatic carboxylic acids is 1. The van der Waals surface area contributed by atoms with Crippen molar-refractivity contribution in [1.29, 1.82) is 0 Å². The van der Waals surface area contributed by atoms with Gasteiger partial charge >= 0.3 is 5.97 Å². The standard InChI is InChI=1S/C16H17NO3/c1-16(2,3)12-7-8-14(17-10-12)20-13-6-4-5-11(9-13)15(18)19/h4-10H,1-3H3,(H,18,19). The predicted octanol–water partition coefficient (Wildman–Crippen LogP) is 3.87. The maximum absolute atomic E-state index is 10.9. The number of hydrogen-bond acceptors (Lipinski definition) is 3. The first-order valence-electron chi connectivity index (χ1n) is 6.34. The molecule has 1 aromatic heterocycles. The molecule has 0 aliphatic carbocycles. The van der Waals surface area contributed by atoms with Gasteiger partial charge in [0.1, 0.15) is 5.75 Å². The first-order valence-corrected chi connectivity index (χ1v) is 6.34. The van der Waals surface area contributed by atoms with Crippen LogP contribution in [0.4, 0.5) is 0 Å². The van der Waals surface area contributed by atoms with E-state index in [1.807, 2.05) is 6.07 Å². The summed E-state index contributed by atoms with van der Waals surface area (Å²) in [7, 11) is 0. The molecule has 0 unspecified atom stereocenters. The summed E-state index contributed by atoms with van der Waals surface area (Å²) in [4.78, 5) is 15.1. The van der Waals surface area contributed by atoms with Crippen LogP contribution in [-0.4, -0.2) is 16.1 Å². The Bertz CT molecular complexity index is 612. The van der Waals surface area contributed by atoms with Gasteiger partial charge < -0.3 is 9.84 Å². The lowest BCUT2D eigenvalue weighted by Crippen LogP contribution is -2.11. The molecule has 0 bridgehead atoms. The minimum absolute atomic E-state index is 0.0365. The second-order valence-corrected chi connectivity index (χ2v) is 5.57. The Morgan fingerprint density at radius 3 is 2.50 bits per heavy atom. The Morgan fingerprint density at radius 1 is 1.20 bits per heavy atom. The molecule has 0 saturated carbocycles. The van der Waals surface area contributed by atoms with Crippen molar-refractivity contribution >= 4 is 5.97 Å². The molecule has 1 heterocycles. The van der Waals surface area contributed by atoms with Gasteiger partial charge in [-0.05, 0) is 29.2 Å². The molecule has 20 heavy (non-hydrogen) atoms. The highest BCUT2D eigenvalue weighted by molar-refractivity contribution is 5.88. The molecule has 1 aromatic carbocycles. The van der Waals surface area contributed by atoms with Crippen LogP contribution in [0.2, 0.25) is 0 Å². The summed E-state index contributed by atoms with van der Waals surface area (Å²) in [6, 6.07) is 10.1. The van der Waals surface area contributed by atoms with Gasteiger partial charge in [-0.2, -0.15) is 0 Å². The summed E-state index contributed by atoms with van der Waals surface area (Å²) in [5.74, 6) is -0.0760. The number of carbonyl (C=O) groups is 1. The molecule has 0 fully saturated rings. The average Bonchev–Trinajstić information content (AvgIpc) is 2.38. The van der Waals surface area contributed by atoms with E-state index in [2.05, 4.69) is 25.8 Å². The van der Waals surface area contributed by atoms with E-state index in [0.29, 0.717) is 11.6 Å². The SMILES string of the molecule is CC(C)(C)c1ccc(Oc2cccc(C(=O)O)c2)nc1. The molecule has 1 N–H and O–H groups in total. The molecule has 0 atom stereocenters. The van der Waals surface area contributed by atoms with Gasteiger partial charge in [0, 0.05) is 12.3 Å². The van der Waals surface area contributed by atoms with Crippen molar-refractivity contribution in [3.05, 3.63) is 53.7 Å². The molecular formula is C16H17NO3. The van der Waals surface area contributed by atoms with E-state index in [1.165, 1.54) is 12.1 Å². The highest BCUT2D eigenvalue weighted by Crippen LogP contribution is 2.25. The van der Waals surface area contributed by atoms with Crippen LogP contribution in [0, 0.1) is 0 Å². The number of aromatic nitrogens is 1. The molecule has 104 valence electrons. The minimum Gasteiger partial charge on any atom is -0.478 e. The van der Waals surface area contributed by atoms with Crippen LogP contribution < -0.4 is 4.74 Å². The Hall–Kier alpha value is -2.36. The summed E-state index contributed by atoms with van der Waals surface area (Å²) in [6.07, 6.45) is 1.77. The van der Waals surface area contributed by atoms with Crippen LogP contribution in [0.1, 0.15) is 36.7 Å². The van der Waals surface area contributed by atoms with E-state index in [9.17, 15) is 4.79 Å². The van der Waals surface area contributed by atoms with Gasteiger partial charge in [-0.3, -0.25) is 0 Å². The number of benzene rings is 1. The molecule has 0 amide bonds. The fraction of sp³-hybridized carbons (Fsp3) is 0.250. The van der Waals surface area contributed by atoms with Crippen LogP contribution in [0.5, 0.6) is 11.6 Å². The van der Waals surface area contributed by atoms with Gasteiger partial charge in [0.2, 0.25) is 5.88 Å². The van der Waals surface area contributed by atoms with Crippen LogP contribution >= 0.6 is 0 Å². The maximum atomic E-state index is 10.9. The Morgan fingerprint density at radius 2 is 1.95 bits per heavy atom. The van der Waals surface area contributed by atoms with Crippen LogP contribution in [-0.2, 0) is 5.41 Å². The fourth-order valence-corrected chi connectivity index (χ4v) is 1.70. The van der Waals surface area contributed by atoms with Gasteiger partial charge in [0.25, 0.3) is 0 Å². The molecular weight excluding hydrogens is 254 g/mol. The lowest BCUT2D eigenvalue weighted by molar-refractivity contribution is 0.0696. The third-order valence-corrected chi connectivity index (χ3v) is 2.91. The molecule has 0 saturated heterocycles. The van der Waals surface area contributed by atoms with Crippen LogP contribution in [0.3, 0.4) is 0 Å². The maximum Gasteiger partial charge on any atom is 0.335 e. The number of pyridine rings is 1. The summed E-state index contributed by atoms with van der Waals surface area (Å²) in [6.45, 7) is 6.34. The van der Waals surface area contributed by atoms with E-state index < -0.39 is 5.97 Å². The molecule has 0 aliphatic heterocycles. The first-order chi connectivity index (χ1) is 9.36. The highest BCUT2D eigenvalue weighted by Gasteiger charge is 2.14. The van der Waals surface area contributed by atoms with Gasteiger partial charge in [-0.15, -0.1) is 0 Å². The summed E-state index contributed by atoms with van der Waals surface area (Å²) >= 11 is 0. The lowest BCUT2D eigenvalue weighted by Gasteiger charge is -2.18. The van der Waals surface area contributed by atoms with Crippen molar-refractivity contribution in [2.24, 2.45) is 0 Å². The van der Waals surface area contributed by atoms with Crippen molar-refractivity contribution in [3.63, 3.8) is 0 Å². The normalized spacial score (nSPS) is 11.2. The topological polar surface area (TPSA) is 59.4 Å². The monoisotopic (exact) mass is 271 g/mol. The van der Waals surface area contributed by atoms with Crippen molar-refractivity contribution in [2.75, 3.05) is 0 Å². The third kappa shape index (κ3) is 3.35. The van der Waals surface area contributed by atoms with Gasteiger partial charge in [-0.25, -0.2) is 9.78 Å². The number of hydrogen-bond donors (Lipinski definition) is 1. The zero-order valence-electron chi connectivity index (χ0n) is 11.8. The fourth-order valence-electron chi connectivity index (χ4n) is 1.70. The number of ether oxygens (including phenoxy) is 1. The number of rotatable bonds is 3. The number of nitrogens with zero attached hydrogens (tertiary/aromatic N) is 1. The minimum atomic E-state index is -0.980. The highest BCUT2D eigenvalue weighted by atomic mass is 16.5. The zero-order valence-corrected chi connectivity index (χ0v) is 11.8. The molecule has 0 spiro atoms. The molecule has 4 nitrogen and oxygen atoms in total. The van der Waals surface area contributed by atoms with Crippen LogP contribution in [0.15, 0.2) is 42.6 Å². The number of carboxylic acid groups (broad SMARTS) is 1. The predicted molar refractivity (Wildman–Crippen MR) is 76.4 cm³/mol. The van der Waals surface area contributed by atoms with E-state index in [-0.39, 0.29) is 11.0 Å². The van der Waals surface area contributed by atoms with Crippen LogP contribution in [0.25, 0.3) is 0 Å². The average molecular weight is 271 g/mol. The largest absolute Gasteiger partial charge is 0.478 e. The van der Waals surface area contributed by atoms with E-state index in [1.54, 1.807) is 24.4 Å². The summed E-state index contributed by atoms with van der Waals surface area (Å²) in [5.41, 5.74) is 1.34. The smallest absolute Gasteiger partial charge is 0.335 e. The second-order valence-electron chi connectivity index (χ2n) is 5.57. The molecule has 4 heteroatoms. The van der Waals surface area contributed by atoms with Crippen molar-refractivity contribution in [2.45, 2.75) is 26.2 Å². The molecule has 0 aliphatic rings. The zero-order chi connectivity index (χ0) is 14.8. The molecule has 2 rings (SSSR count). The van der Waals surface area contributed by atoms with E-state index in [4.69, 9.17) is 9.84 Å². The second kappa shape index (κ2) is 5.33. The van der Waals surface area contributed by atoms with E-state index in [0.717, 1.165) is 5.56 Å². The lowest BCUT2D eigenvalue weighted by atomic mass is 9.88. The Labute approximate surface area is 118 Å². The van der Waals surface area contributed by atoms with Gasteiger partial charge in [0.05, 0.1) is 5.56 Å². The van der Waals surface area contributed by atoms with E-state index >= 15 is 0 Å². The summed E-state index contributed by atoms with van der Waals surface area (Å²) < 4.78 is 5.56.